The lowest BCUT2D eigenvalue weighted by atomic mass is 10.1. The monoisotopic (exact) mass is 184 g/mol. The molecule has 1 rings (SSSR count). The van der Waals surface area contributed by atoms with Gasteiger partial charge in [0.1, 0.15) is 0 Å². The van der Waals surface area contributed by atoms with Crippen molar-refractivity contribution in [2.45, 2.75) is 25.9 Å². The van der Waals surface area contributed by atoms with Gasteiger partial charge in [-0.2, -0.15) is 0 Å². The SMILES string of the molecule is CC=CC(=O)NOC1CCNCC1. The molecular weight excluding hydrogens is 168 g/mol. The summed E-state index contributed by atoms with van der Waals surface area (Å²) in [5, 5.41) is 3.22. The quantitative estimate of drug-likeness (QED) is 0.492. The molecule has 0 saturated carbocycles. The summed E-state index contributed by atoms with van der Waals surface area (Å²) in [4.78, 5) is 16.2. The van der Waals surface area contributed by atoms with Crippen LogP contribution in [-0.2, 0) is 9.63 Å². The van der Waals surface area contributed by atoms with Crippen LogP contribution in [0, 0.1) is 0 Å². The van der Waals surface area contributed by atoms with Gasteiger partial charge in [-0.05, 0) is 32.9 Å². The Hall–Kier alpha value is -0.870. The Labute approximate surface area is 78.3 Å². The first-order valence-corrected chi connectivity index (χ1v) is 4.62. The number of nitrogens with one attached hydrogen (secondary N) is 2. The van der Waals surface area contributed by atoms with Crippen molar-refractivity contribution < 1.29 is 9.63 Å². The van der Waals surface area contributed by atoms with Crippen molar-refractivity contribution in [3.63, 3.8) is 0 Å². The summed E-state index contributed by atoms with van der Waals surface area (Å²) in [5.41, 5.74) is 2.40. The van der Waals surface area contributed by atoms with Crippen LogP contribution in [0.25, 0.3) is 0 Å². The van der Waals surface area contributed by atoms with Crippen molar-refractivity contribution >= 4 is 5.91 Å². The van der Waals surface area contributed by atoms with Gasteiger partial charge in [-0.15, -0.1) is 0 Å². The lowest BCUT2D eigenvalue weighted by molar-refractivity contribution is -0.134. The van der Waals surface area contributed by atoms with Gasteiger partial charge >= 0.3 is 0 Å². The van der Waals surface area contributed by atoms with E-state index in [-0.39, 0.29) is 12.0 Å². The van der Waals surface area contributed by atoms with E-state index in [1.165, 1.54) is 6.08 Å². The molecule has 1 heterocycles. The topological polar surface area (TPSA) is 50.4 Å². The van der Waals surface area contributed by atoms with Gasteiger partial charge in [-0.1, -0.05) is 6.08 Å². The minimum Gasteiger partial charge on any atom is -0.317 e. The lowest BCUT2D eigenvalue weighted by Gasteiger charge is -2.21. The fraction of sp³-hybridized carbons (Fsp3) is 0.667. The lowest BCUT2D eigenvalue weighted by Crippen LogP contribution is -2.37. The summed E-state index contributed by atoms with van der Waals surface area (Å²) in [7, 11) is 0. The average molecular weight is 184 g/mol. The van der Waals surface area contributed by atoms with Gasteiger partial charge in [-0.3, -0.25) is 9.63 Å². The molecule has 1 saturated heterocycles. The number of allylic oxidation sites excluding steroid dienone is 1. The molecule has 0 aromatic carbocycles. The molecule has 0 radical (unpaired) electrons. The van der Waals surface area contributed by atoms with Crippen LogP contribution in [-0.4, -0.2) is 25.1 Å². The molecule has 0 aromatic rings. The third-order valence-electron chi connectivity index (χ3n) is 1.93. The first kappa shape index (κ1) is 10.2. The maximum absolute atomic E-state index is 10.9. The molecule has 0 unspecified atom stereocenters. The maximum Gasteiger partial charge on any atom is 0.267 e. The zero-order valence-corrected chi connectivity index (χ0v) is 7.88. The van der Waals surface area contributed by atoms with E-state index in [1.54, 1.807) is 13.0 Å². The van der Waals surface area contributed by atoms with Crippen LogP contribution < -0.4 is 10.8 Å². The summed E-state index contributed by atoms with van der Waals surface area (Å²) in [6.07, 6.45) is 5.20. The molecule has 0 spiro atoms. The predicted octanol–water partition coefficient (Wildman–Crippen LogP) is 0.362. The van der Waals surface area contributed by atoms with E-state index in [0.717, 1.165) is 25.9 Å². The molecule has 2 N–H and O–H groups in total. The highest BCUT2D eigenvalue weighted by Crippen LogP contribution is 2.04. The van der Waals surface area contributed by atoms with E-state index in [2.05, 4.69) is 10.8 Å². The van der Waals surface area contributed by atoms with Gasteiger partial charge < -0.3 is 5.32 Å². The van der Waals surface area contributed by atoms with Crippen LogP contribution in [0.1, 0.15) is 19.8 Å². The van der Waals surface area contributed by atoms with Crippen molar-refractivity contribution in [3.05, 3.63) is 12.2 Å². The first-order chi connectivity index (χ1) is 6.33. The maximum atomic E-state index is 10.9. The van der Waals surface area contributed by atoms with E-state index >= 15 is 0 Å². The molecule has 4 nitrogen and oxygen atoms in total. The van der Waals surface area contributed by atoms with Gasteiger partial charge in [0.2, 0.25) is 0 Å². The number of amides is 1. The molecule has 1 aliphatic heterocycles. The van der Waals surface area contributed by atoms with E-state index in [4.69, 9.17) is 4.84 Å². The average Bonchev–Trinajstić information content (AvgIpc) is 2.17. The third kappa shape index (κ3) is 4.05. The van der Waals surface area contributed by atoms with Gasteiger partial charge in [-0.25, -0.2) is 5.48 Å². The number of hydroxylamine groups is 1. The van der Waals surface area contributed by atoms with Crippen LogP contribution in [0.4, 0.5) is 0 Å². The van der Waals surface area contributed by atoms with Crippen LogP contribution in [0.2, 0.25) is 0 Å². The second kappa shape index (κ2) is 5.72. The summed E-state index contributed by atoms with van der Waals surface area (Å²) < 4.78 is 0. The number of carbonyl (C=O) groups is 1. The van der Waals surface area contributed by atoms with E-state index < -0.39 is 0 Å². The number of piperidine rings is 1. The number of carbonyl (C=O) groups excluding carboxylic acids is 1. The number of hydrogen-bond donors (Lipinski definition) is 2. The highest BCUT2D eigenvalue weighted by Gasteiger charge is 2.13. The highest BCUT2D eigenvalue weighted by atomic mass is 16.7. The number of hydrogen-bond acceptors (Lipinski definition) is 3. The second-order valence-corrected chi connectivity index (χ2v) is 3.03. The van der Waals surface area contributed by atoms with Crippen molar-refractivity contribution in [1.29, 1.82) is 0 Å². The Morgan fingerprint density at radius 1 is 1.54 bits per heavy atom. The Morgan fingerprint density at radius 3 is 2.85 bits per heavy atom. The second-order valence-electron chi connectivity index (χ2n) is 3.03. The van der Waals surface area contributed by atoms with E-state index in [1.807, 2.05) is 0 Å². The van der Waals surface area contributed by atoms with Gasteiger partial charge in [0.15, 0.2) is 0 Å². The minimum atomic E-state index is -0.193. The smallest absolute Gasteiger partial charge is 0.267 e. The van der Waals surface area contributed by atoms with Crippen LogP contribution in [0.15, 0.2) is 12.2 Å². The molecule has 0 aliphatic carbocycles. The number of rotatable bonds is 3. The van der Waals surface area contributed by atoms with Crippen LogP contribution in [0.3, 0.4) is 0 Å². The van der Waals surface area contributed by atoms with Gasteiger partial charge in [0.25, 0.3) is 5.91 Å². The van der Waals surface area contributed by atoms with E-state index in [9.17, 15) is 4.79 Å². The standard InChI is InChI=1S/C9H16N2O2/c1-2-3-9(12)11-13-8-4-6-10-7-5-8/h2-3,8,10H,4-7H2,1H3,(H,11,12). The molecule has 4 heteroatoms. The van der Waals surface area contributed by atoms with Gasteiger partial charge in [0, 0.05) is 6.08 Å². The van der Waals surface area contributed by atoms with Crippen LogP contribution >= 0.6 is 0 Å². The van der Waals surface area contributed by atoms with Crippen molar-refractivity contribution in [3.8, 4) is 0 Å². The fourth-order valence-corrected chi connectivity index (χ4v) is 1.24. The zero-order valence-electron chi connectivity index (χ0n) is 7.88. The molecular formula is C9H16N2O2. The van der Waals surface area contributed by atoms with Crippen molar-refractivity contribution in [2.75, 3.05) is 13.1 Å². The first-order valence-electron chi connectivity index (χ1n) is 4.62. The fourth-order valence-electron chi connectivity index (χ4n) is 1.24. The molecule has 0 bridgehead atoms. The molecule has 13 heavy (non-hydrogen) atoms. The zero-order chi connectivity index (χ0) is 9.52. The largest absolute Gasteiger partial charge is 0.317 e. The molecule has 1 aliphatic rings. The normalized spacial score (nSPS) is 19.2. The minimum absolute atomic E-state index is 0.162. The van der Waals surface area contributed by atoms with Crippen molar-refractivity contribution in [1.82, 2.24) is 10.8 Å². The summed E-state index contributed by atoms with van der Waals surface area (Å²) in [5.74, 6) is -0.193. The highest BCUT2D eigenvalue weighted by molar-refractivity contribution is 5.86. The third-order valence-corrected chi connectivity index (χ3v) is 1.93. The molecule has 1 fully saturated rings. The Kier molecular flexibility index (Phi) is 4.49. The molecule has 0 atom stereocenters. The van der Waals surface area contributed by atoms with Crippen LogP contribution in [0.5, 0.6) is 0 Å². The Balaban J connectivity index is 2.13. The predicted molar refractivity (Wildman–Crippen MR) is 49.9 cm³/mol. The molecule has 1 amide bonds. The van der Waals surface area contributed by atoms with Gasteiger partial charge in [0.05, 0.1) is 6.10 Å². The molecule has 0 aromatic heterocycles. The Bertz CT molecular complexity index is 186. The van der Waals surface area contributed by atoms with E-state index in [0.29, 0.717) is 0 Å². The molecule has 74 valence electrons. The van der Waals surface area contributed by atoms with Crippen molar-refractivity contribution in [2.24, 2.45) is 0 Å². The summed E-state index contributed by atoms with van der Waals surface area (Å²) in [6.45, 7) is 3.72. The summed E-state index contributed by atoms with van der Waals surface area (Å²) in [6, 6.07) is 0. The Morgan fingerprint density at radius 2 is 2.23 bits per heavy atom. The summed E-state index contributed by atoms with van der Waals surface area (Å²) >= 11 is 0.